The van der Waals surface area contributed by atoms with Crippen LogP contribution < -0.4 is 5.32 Å². The summed E-state index contributed by atoms with van der Waals surface area (Å²) in [5, 5.41) is 3.35. The summed E-state index contributed by atoms with van der Waals surface area (Å²) in [7, 11) is 0. The van der Waals surface area contributed by atoms with Gasteiger partial charge in [-0.1, -0.05) is 6.07 Å². The highest BCUT2D eigenvalue weighted by Crippen LogP contribution is 2.31. The summed E-state index contributed by atoms with van der Waals surface area (Å²) >= 11 is 3.27. The molecule has 2 heterocycles. The second-order valence-electron chi connectivity index (χ2n) is 4.88. The minimum absolute atomic E-state index is 0. The van der Waals surface area contributed by atoms with Crippen LogP contribution in [0.4, 0.5) is 4.39 Å². The van der Waals surface area contributed by atoms with Crippen LogP contribution in [0.25, 0.3) is 0 Å². The van der Waals surface area contributed by atoms with Gasteiger partial charge in [-0.3, -0.25) is 4.90 Å². The number of nitrogens with zero attached hydrogens (tertiary/aromatic N) is 1. The molecule has 1 aromatic carbocycles. The van der Waals surface area contributed by atoms with Gasteiger partial charge in [-0.05, 0) is 45.8 Å². The molecular weight excluding hydrogens is 359 g/mol. The van der Waals surface area contributed by atoms with E-state index in [2.05, 4.69) is 26.1 Å². The molecule has 3 nitrogen and oxygen atoms in total. The largest absolute Gasteiger partial charge is 0.467 e. The Kier molecular flexibility index (Phi) is 5.81. The first kappa shape index (κ1) is 16.5. The van der Waals surface area contributed by atoms with Crippen LogP contribution in [0.5, 0.6) is 0 Å². The number of benzene rings is 1. The SMILES string of the molecule is Cl.Fc1ccc([C@@H](c2ccco2)N2CCNCC2)cc1Br. The highest BCUT2D eigenvalue weighted by atomic mass is 79.9. The molecule has 0 saturated carbocycles. The summed E-state index contributed by atoms with van der Waals surface area (Å²) in [5.74, 6) is 0.651. The maximum absolute atomic E-state index is 13.5. The number of hydrogen-bond acceptors (Lipinski definition) is 3. The fraction of sp³-hybridized carbons (Fsp3) is 0.333. The molecule has 1 aromatic heterocycles. The molecule has 2 aromatic rings. The van der Waals surface area contributed by atoms with Crippen LogP contribution in [0.1, 0.15) is 17.4 Å². The molecule has 0 amide bonds. The first-order chi connectivity index (χ1) is 9.75. The zero-order valence-electron chi connectivity index (χ0n) is 11.4. The van der Waals surface area contributed by atoms with Crippen LogP contribution in [0, 0.1) is 5.82 Å². The van der Waals surface area contributed by atoms with Gasteiger partial charge in [0.25, 0.3) is 0 Å². The van der Waals surface area contributed by atoms with Gasteiger partial charge in [-0.15, -0.1) is 12.4 Å². The summed E-state index contributed by atoms with van der Waals surface area (Å²) in [4.78, 5) is 2.36. The van der Waals surface area contributed by atoms with Gasteiger partial charge in [-0.25, -0.2) is 4.39 Å². The Morgan fingerprint density at radius 1 is 1.24 bits per heavy atom. The zero-order chi connectivity index (χ0) is 13.9. The molecule has 0 aliphatic carbocycles. The highest BCUT2D eigenvalue weighted by molar-refractivity contribution is 9.10. The number of furan rings is 1. The van der Waals surface area contributed by atoms with Crippen molar-refractivity contribution < 1.29 is 8.81 Å². The summed E-state index contributed by atoms with van der Waals surface area (Å²) in [6.07, 6.45) is 1.68. The third-order valence-corrected chi connectivity index (χ3v) is 4.20. The van der Waals surface area contributed by atoms with E-state index in [-0.39, 0.29) is 24.3 Å². The number of nitrogens with one attached hydrogen (secondary N) is 1. The standard InChI is InChI=1S/C15H16BrFN2O.ClH/c16-12-10-11(3-4-13(12)17)15(14-2-1-9-20-14)19-7-5-18-6-8-19;/h1-4,9-10,15,18H,5-8H2;1H/t15-;/m0./s1. The molecule has 1 aliphatic heterocycles. The van der Waals surface area contributed by atoms with E-state index in [0.717, 1.165) is 37.5 Å². The summed E-state index contributed by atoms with van der Waals surface area (Å²) in [5.41, 5.74) is 1.04. The van der Waals surface area contributed by atoms with Crippen molar-refractivity contribution in [3.05, 3.63) is 58.2 Å². The van der Waals surface area contributed by atoms with Gasteiger partial charge in [0, 0.05) is 26.2 Å². The van der Waals surface area contributed by atoms with Crippen LogP contribution >= 0.6 is 28.3 Å². The van der Waals surface area contributed by atoms with E-state index in [9.17, 15) is 4.39 Å². The molecule has 0 radical (unpaired) electrons. The lowest BCUT2D eigenvalue weighted by Crippen LogP contribution is -2.45. The Balaban J connectivity index is 0.00000161. The maximum Gasteiger partial charge on any atom is 0.137 e. The maximum atomic E-state index is 13.5. The van der Waals surface area contributed by atoms with Crippen molar-refractivity contribution in [3.8, 4) is 0 Å². The first-order valence-corrected chi connectivity index (χ1v) is 7.48. The molecule has 1 fully saturated rings. The lowest BCUT2D eigenvalue weighted by Gasteiger charge is -2.34. The average Bonchev–Trinajstić information content (AvgIpc) is 2.98. The third-order valence-electron chi connectivity index (χ3n) is 3.59. The van der Waals surface area contributed by atoms with Crippen molar-refractivity contribution in [1.29, 1.82) is 0 Å². The van der Waals surface area contributed by atoms with Crippen LogP contribution in [0.15, 0.2) is 45.5 Å². The molecule has 6 heteroatoms. The smallest absolute Gasteiger partial charge is 0.137 e. The van der Waals surface area contributed by atoms with Crippen LogP contribution in [0.2, 0.25) is 0 Å². The van der Waals surface area contributed by atoms with Crippen molar-refractivity contribution >= 4 is 28.3 Å². The molecule has 1 aliphatic rings. The van der Waals surface area contributed by atoms with E-state index in [0.29, 0.717) is 4.47 Å². The fourth-order valence-electron chi connectivity index (χ4n) is 2.62. The lowest BCUT2D eigenvalue weighted by atomic mass is 10.0. The quantitative estimate of drug-likeness (QED) is 0.888. The highest BCUT2D eigenvalue weighted by Gasteiger charge is 2.26. The molecule has 21 heavy (non-hydrogen) atoms. The van der Waals surface area contributed by atoms with Crippen LogP contribution in [-0.4, -0.2) is 31.1 Å². The predicted octanol–water partition coefficient (Wildman–Crippen LogP) is 3.60. The normalized spacial score (nSPS) is 17.2. The summed E-state index contributed by atoms with van der Waals surface area (Å²) in [6.45, 7) is 3.81. The van der Waals surface area contributed by atoms with Gasteiger partial charge in [0.2, 0.25) is 0 Å². The molecule has 1 saturated heterocycles. The first-order valence-electron chi connectivity index (χ1n) is 6.69. The van der Waals surface area contributed by atoms with Gasteiger partial charge in [0.1, 0.15) is 11.6 Å². The van der Waals surface area contributed by atoms with Crippen molar-refractivity contribution in [2.75, 3.05) is 26.2 Å². The number of halogens is 3. The van der Waals surface area contributed by atoms with E-state index >= 15 is 0 Å². The van der Waals surface area contributed by atoms with E-state index in [4.69, 9.17) is 4.42 Å². The third kappa shape index (κ3) is 3.66. The molecule has 0 bridgehead atoms. The van der Waals surface area contributed by atoms with Crippen molar-refractivity contribution in [2.45, 2.75) is 6.04 Å². The van der Waals surface area contributed by atoms with E-state index < -0.39 is 0 Å². The van der Waals surface area contributed by atoms with Gasteiger partial charge >= 0.3 is 0 Å². The minimum Gasteiger partial charge on any atom is -0.467 e. The predicted molar refractivity (Wildman–Crippen MR) is 86.3 cm³/mol. The Morgan fingerprint density at radius 3 is 2.62 bits per heavy atom. The number of piperazine rings is 1. The van der Waals surface area contributed by atoms with E-state index in [1.165, 1.54) is 6.07 Å². The van der Waals surface area contributed by atoms with Gasteiger partial charge in [0.15, 0.2) is 0 Å². The molecule has 0 unspecified atom stereocenters. The number of hydrogen-bond donors (Lipinski definition) is 1. The van der Waals surface area contributed by atoms with Gasteiger partial charge in [-0.2, -0.15) is 0 Å². The van der Waals surface area contributed by atoms with Gasteiger partial charge in [0.05, 0.1) is 16.8 Å². The average molecular weight is 376 g/mol. The molecule has 3 rings (SSSR count). The van der Waals surface area contributed by atoms with Crippen LogP contribution in [-0.2, 0) is 0 Å². The fourth-order valence-corrected chi connectivity index (χ4v) is 3.02. The Bertz CT molecular complexity index is 573. The Hall–Kier alpha value is -0.880. The van der Waals surface area contributed by atoms with E-state index in [1.54, 1.807) is 6.26 Å². The lowest BCUT2D eigenvalue weighted by molar-refractivity contribution is 0.180. The second kappa shape index (κ2) is 7.40. The molecule has 114 valence electrons. The molecule has 0 spiro atoms. The minimum atomic E-state index is -0.243. The summed E-state index contributed by atoms with van der Waals surface area (Å²) < 4.78 is 19.5. The van der Waals surface area contributed by atoms with Gasteiger partial charge < -0.3 is 9.73 Å². The van der Waals surface area contributed by atoms with Crippen molar-refractivity contribution in [1.82, 2.24) is 10.2 Å². The zero-order valence-corrected chi connectivity index (χ0v) is 13.8. The molecule has 1 atom stereocenters. The van der Waals surface area contributed by atoms with E-state index in [1.807, 2.05) is 24.3 Å². The van der Waals surface area contributed by atoms with Crippen molar-refractivity contribution in [3.63, 3.8) is 0 Å². The monoisotopic (exact) mass is 374 g/mol. The Morgan fingerprint density at radius 2 is 2.00 bits per heavy atom. The molecule has 1 N–H and O–H groups in total. The Labute approximate surface area is 138 Å². The van der Waals surface area contributed by atoms with Crippen molar-refractivity contribution in [2.24, 2.45) is 0 Å². The molecular formula is C15H17BrClFN2O. The van der Waals surface area contributed by atoms with Crippen LogP contribution in [0.3, 0.4) is 0 Å². The number of rotatable bonds is 3. The second-order valence-corrected chi connectivity index (χ2v) is 5.73. The topological polar surface area (TPSA) is 28.4 Å². The summed E-state index contributed by atoms with van der Waals surface area (Å²) in [6, 6.07) is 9.06.